The lowest BCUT2D eigenvalue weighted by molar-refractivity contribution is -0.167. The molecule has 3 saturated heterocycles. The van der Waals surface area contributed by atoms with Crippen LogP contribution in [0.3, 0.4) is 0 Å². The van der Waals surface area contributed by atoms with Crippen LogP contribution in [0, 0.1) is 16.7 Å². The van der Waals surface area contributed by atoms with Crippen molar-refractivity contribution < 1.29 is 48.0 Å². The minimum absolute atomic E-state index is 0.0754. The van der Waals surface area contributed by atoms with Gasteiger partial charge in [-0.1, -0.05) is 47.6 Å². The normalized spacial score (nSPS) is 31.2. The summed E-state index contributed by atoms with van der Waals surface area (Å²) >= 11 is 0. The van der Waals surface area contributed by atoms with Gasteiger partial charge in [-0.25, -0.2) is 9.59 Å². The number of fused-ring (bicyclic) bond motifs is 1. The fraction of sp³-hybridized carbons (Fsp3) is 0.759. The number of rotatable bonds is 6. The Bertz CT molecular complexity index is 1060. The van der Waals surface area contributed by atoms with E-state index in [-0.39, 0.29) is 43.2 Å². The lowest BCUT2D eigenvalue weighted by Gasteiger charge is -2.40. The quantitative estimate of drug-likeness (QED) is 0.279. The molecule has 0 radical (unpaired) electrons. The maximum absolute atomic E-state index is 12.9. The van der Waals surface area contributed by atoms with Gasteiger partial charge in [0.25, 0.3) is 0 Å². The molecule has 3 aliphatic heterocycles. The highest BCUT2D eigenvalue weighted by atomic mass is 16.6. The van der Waals surface area contributed by atoms with E-state index < -0.39 is 58.8 Å². The van der Waals surface area contributed by atoms with Crippen molar-refractivity contribution in [3.05, 3.63) is 12.7 Å². The molecule has 1 N–H and O–H groups in total. The average Bonchev–Trinajstić information content (AvgIpc) is 3.52. The first kappa shape index (κ1) is 34.4. The second-order valence-electron chi connectivity index (χ2n) is 13.1. The number of hydrogen-bond acceptors (Lipinski definition) is 10. The summed E-state index contributed by atoms with van der Waals surface area (Å²) in [6, 6.07) is -0.777. The fourth-order valence-corrected chi connectivity index (χ4v) is 5.70. The summed E-state index contributed by atoms with van der Waals surface area (Å²) in [6.07, 6.45) is 0.502. The van der Waals surface area contributed by atoms with E-state index in [4.69, 9.17) is 14.2 Å². The van der Waals surface area contributed by atoms with E-state index in [1.54, 1.807) is 6.08 Å². The molecule has 41 heavy (non-hydrogen) atoms. The highest BCUT2D eigenvalue weighted by Gasteiger charge is 2.75. The Morgan fingerprint density at radius 2 is 1.61 bits per heavy atom. The predicted octanol–water partition coefficient (Wildman–Crippen LogP) is 1.82. The molecule has 12 nitrogen and oxygen atoms in total. The Morgan fingerprint density at radius 1 is 1.05 bits per heavy atom. The molecule has 0 saturated carbocycles. The van der Waals surface area contributed by atoms with Crippen molar-refractivity contribution in [2.75, 3.05) is 27.4 Å². The fourth-order valence-electron chi connectivity index (χ4n) is 5.70. The molecule has 0 unspecified atom stereocenters. The molecule has 0 aromatic carbocycles. The van der Waals surface area contributed by atoms with Crippen LogP contribution in [0.2, 0.25) is 0 Å². The predicted molar refractivity (Wildman–Crippen MR) is 147 cm³/mol. The number of amides is 2. The third kappa shape index (κ3) is 6.19. The first-order chi connectivity index (χ1) is 18.7. The molecule has 3 fully saturated rings. The molecule has 232 valence electrons. The van der Waals surface area contributed by atoms with E-state index in [1.807, 2.05) is 41.5 Å². The molecule has 3 rings (SSSR count). The zero-order valence-electron chi connectivity index (χ0n) is 25.9. The van der Waals surface area contributed by atoms with E-state index in [1.165, 1.54) is 37.9 Å². The van der Waals surface area contributed by atoms with Gasteiger partial charge in [-0.05, 0) is 20.3 Å². The van der Waals surface area contributed by atoms with Crippen LogP contribution >= 0.6 is 0 Å². The summed E-state index contributed by atoms with van der Waals surface area (Å²) < 4.78 is 20.9. The molecule has 0 aromatic heterocycles. The average molecular weight is 583 g/mol. The molecule has 12 heteroatoms. The number of carbonyl (C=O) groups is 5. The lowest BCUT2D eigenvalue weighted by atomic mass is 9.75. The zero-order chi connectivity index (χ0) is 31.7. The highest BCUT2D eigenvalue weighted by molar-refractivity contribution is 5.99. The van der Waals surface area contributed by atoms with Gasteiger partial charge in [0, 0.05) is 10.8 Å². The molecule has 0 spiro atoms. The van der Waals surface area contributed by atoms with Crippen molar-refractivity contribution in [3.63, 3.8) is 0 Å². The molecule has 3 heterocycles. The molecule has 0 aliphatic carbocycles. The number of hydrogen-bond donors (Lipinski definition) is 1. The number of nitrogens with zero attached hydrogens (tertiary/aromatic N) is 2. The number of ketones is 1. The number of methoxy groups -OCH3 is 2. The maximum Gasteiger partial charge on any atom is 0.337 e. The van der Waals surface area contributed by atoms with Crippen LogP contribution in [0.1, 0.15) is 68.2 Å². The van der Waals surface area contributed by atoms with Gasteiger partial charge in [0.1, 0.15) is 23.8 Å². The number of aliphatic hydroxyl groups is 1. The molecule has 3 aliphatic rings. The van der Waals surface area contributed by atoms with Gasteiger partial charge in [0.05, 0.1) is 39.8 Å². The van der Waals surface area contributed by atoms with Crippen molar-refractivity contribution in [1.82, 2.24) is 9.80 Å². The summed E-state index contributed by atoms with van der Waals surface area (Å²) in [5.41, 5.74) is -3.85. The second-order valence-corrected chi connectivity index (χ2v) is 13.1. The number of ether oxygens (including phenoxy) is 4. The van der Waals surface area contributed by atoms with E-state index in [2.05, 4.69) is 11.3 Å². The van der Waals surface area contributed by atoms with Gasteiger partial charge in [0.15, 0.2) is 11.6 Å². The van der Waals surface area contributed by atoms with E-state index >= 15 is 0 Å². The van der Waals surface area contributed by atoms with Crippen molar-refractivity contribution in [2.45, 2.75) is 97.9 Å². The van der Waals surface area contributed by atoms with Crippen LogP contribution in [-0.4, -0.2) is 102 Å². The number of carbonyl (C=O) groups excluding carboxylic acids is 5. The molecule has 0 bridgehead atoms. The number of esters is 2. The molecule has 2 amide bonds. The summed E-state index contributed by atoms with van der Waals surface area (Å²) in [6.45, 7) is 18.0. The van der Waals surface area contributed by atoms with Gasteiger partial charge in [-0.3, -0.25) is 24.2 Å². The van der Waals surface area contributed by atoms with Crippen LogP contribution in [0.4, 0.5) is 0 Å². The molecular formula is C29H46N2O10. The summed E-state index contributed by atoms with van der Waals surface area (Å²) in [5.74, 6) is -2.85. The van der Waals surface area contributed by atoms with Crippen molar-refractivity contribution in [2.24, 2.45) is 16.7 Å². The zero-order valence-corrected chi connectivity index (χ0v) is 25.9. The Kier molecular flexibility index (Phi) is 10.2. The van der Waals surface area contributed by atoms with Crippen LogP contribution in [0.15, 0.2) is 12.7 Å². The number of allylic oxidation sites excluding steroid dienone is 1. The maximum atomic E-state index is 12.9. The first-order valence-electron chi connectivity index (χ1n) is 13.6. The minimum Gasteiger partial charge on any atom is -0.467 e. The van der Waals surface area contributed by atoms with Crippen molar-refractivity contribution in [3.8, 4) is 0 Å². The van der Waals surface area contributed by atoms with Crippen molar-refractivity contribution >= 4 is 29.5 Å². The highest BCUT2D eigenvalue weighted by Crippen LogP contribution is 2.52. The van der Waals surface area contributed by atoms with Gasteiger partial charge in [-0.15, -0.1) is 6.58 Å². The van der Waals surface area contributed by atoms with Crippen LogP contribution < -0.4 is 0 Å². The van der Waals surface area contributed by atoms with Crippen molar-refractivity contribution in [1.29, 1.82) is 0 Å². The third-order valence-corrected chi connectivity index (χ3v) is 7.72. The Morgan fingerprint density at radius 3 is 2.05 bits per heavy atom. The first-order valence-corrected chi connectivity index (χ1v) is 13.6. The number of Topliss-reactive ketones (excluding diaryl/α,β-unsaturated/α-hetero) is 1. The van der Waals surface area contributed by atoms with Gasteiger partial charge < -0.3 is 24.1 Å². The van der Waals surface area contributed by atoms with Gasteiger partial charge >= 0.3 is 11.9 Å². The monoisotopic (exact) mass is 582 g/mol. The van der Waals surface area contributed by atoms with Crippen LogP contribution in [0.25, 0.3) is 0 Å². The van der Waals surface area contributed by atoms with Crippen LogP contribution in [-0.2, 0) is 42.9 Å². The van der Waals surface area contributed by atoms with Gasteiger partial charge in [-0.2, -0.15) is 0 Å². The third-order valence-electron chi connectivity index (χ3n) is 7.72. The summed E-state index contributed by atoms with van der Waals surface area (Å²) in [7, 11) is 2.52. The van der Waals surface area contributed by atoms with E-state index in [0.29, 0.717) is 0 Å². The van der Waals surface area contributed by atoms with E-state index in [9.17, 15) is 29.1 Å². The summed E-state index contributed by atoms with van der Waals surface area (Å²) in [4.78, 5) is 63.1. The Labute approximate surface area is 242 Å². The molecular weight excluding hydrogens is 536 g/mol. The minimum atomic E-state index is -1.59. The SMILES string of the molecule is C=CC[C@@H]1C(=O)N2[C@@H](C(C)(C)C)OC[C@]2(C(=O)OC)[C@]1(C)O.COC(=O)[C@@H]1CO[C@H](C(C)(C)C)N1C(=O)CC(C)=O. The topological polar surface area (TPSA) is 149 Å². The Balaban J connectivity index is 0.000000290. The molecule has 6 atom stereocenters. The van der Waals surface area contributed by atoms with Gasteiger partial charge in [0.2, 0.25) is 11.8 Å². The largest absolute Gasteiger partial charge is 0.467 e. The smallest absolute Gasteiger partial charge is 0.337 e. The summed E-state index contributed by atoms with van der Waals surface area (Å²) in [5, 5.41) is 11.1. The van der Waals surface area contributed by atoms with Crippen LogP contribution in [0.5, 0.6) is 0 Å². The standard InChI is InChI=1S/C16H25NO5.C13H21NO5/c1-7-8-10-11(18)17-12(14(2,3)4)22-9-16(17,13(19)21-6)15(10,5)20;1-8(15)6-10(16)14-9(11(17)18-5)7-19-12(14)13(2,3)4/h7,10,12,20H,1,8-9H2,2-6H3;9,12H,6-7H2,1-5H3/t10-,12-,15-,16+;9-,12+/m10/s1. The Hall–Kier alpha value is -2.83. The lowest BCUT2D eigenvalue weighted by Crippen LogP contribution is -2.64. The molecule has 0 aromatic rings. The second kappa shape index (κ2) is 12.2. The van der Waals surface area contributed by atoms with E-state index in [0.717, 1.165) is 0 Å².